The number of fused-ring (bicyclic) bond motifs is 1. The Labute approximate surface area is 146 Å². The van der Waals surface area contributed by atoms with Crippen molar-refractivity contribution in [3.05, 3.63) is 52.1 Å². The van der Waals surface area contributed by atoms with Crippen LogP contribution in [0, 0.1) is 0 Å². The van der Waals surface area contributed by atoms with Crippen molar-refractivity contribution in [2.24, 2.45) is 0 Å². The highest BCUT2D eigenvalue weighted by atomic mass is 16.4. The van der Waals surface area contributed by atoms with Gasteiger partial charge in [-0.25, -0.2) is 14.8 Å². The van der Waals surface area contributed by atoms with Gasteiger partial charge in [-0.05, 0) is 24.3 Å². The lowest BCUT2D eigenvalue weighted by Gasteiger charge is -2.07. The largest absolute Gasteiger partial charge is 0.478 e. The quantitative estimate of drug-likeness (QED) is 0.529. The number of H-pyrrole nitrogens is 1. The number of carbonyl (C=O) groups excluding carboxylic acids is 1. The van der Waals surface area contributed by atoms with Crippen LogP contribution >= 0.6 is 0 Å². The minimum absolute atomic E-state index is 0.00805. The third-order valence-electron chi connectivity index (χ3n) is 3.37. The van der Waals surface area contributed by atoms with Crippen LogP contribution in [0.25, 0.3) is 11.2 Å². The van der Waals surface area contributed by atoms with Crippen molar-refractivity contribution in [3.63, 3.8) is 0 Å². The van der Waals surface area contributed by atoms with E-state index in [-0.39, 0.29) is 35.1 Å². The highest BCUT2D eigenvalue weighted by molar-refractivity contribution is 5.88. The second kappa shape index (κ2) is 6.97. The topological polar surface area (TPSA) is 150 Å². The molecule has 0 aliphatic heterocycles. The minimum atomic E-state index is -0.998. The number of rotatable bonds is 5. The van der Waals surface area contributed by atoms with Crippen LogP contribution in [0.1, 0.15) is 23.0 Å². The Morgan fingerprint density at radius 3 is 2.58 bits per heavy atom. The number of nitrogens with one attached hydrogen (secondary N) is 3. The maximum absolute atomic E-state index is 12.1. The Hall–Kier alpha value is -3.82. The molecule has 0 aliphatic carbocycles. The van der Waals surface area contributed by atoms with Gasteiger partial charge in [0.25, 0.3) is 5.56 Å². The van der Waals surface area contributed by atoms with E-state index < -0.39 is 11.5 Å². The van der Waals surface area contributed by atoms with Crippen LogP contribution in [-0.2, 0) is 11.3 Å². The van der Waals surface area contributed by atoms with Gasteiger partial charge in [0.1, 0.15) is 0 Å². The number of hydrogen-bond donors (Lipinski definition) is 4. The molecule has 2 aromatic heterocycles. The summed E-state index contributed by atoms with van der Waals surface area (Å²) in [5.74, 6) is -1.36. The third-order valence-corrected chi connectivity index (χ3v) is 3.37. The molecule has 0 saturated carbocycles. The van der Waals surface area contributed by atoms with Crippen molar-refractivity contribution in [1.29, 1.82) is 0 Å². The van der Waals surface area contributed by atoms with Crippen molar-refractivity contribution >= 4 is 34.7 Å². The average Bonchev–Trinajstić information content (AvgIpc) is 2.60. The Balaban J connectivity index is 1.78. The van der Waals surface area contributed by atoms with Crippen LogP contribution in [0.2, 0.25) is 0 Å². The number of anilines is 2. The molecule has 0 spiro atoms. The van der Waals surface area contributed by atoms with Crippen molar-refractivity contribution < 1.29 is 14.7 Å². The molecule has 26 heavy (non-hydrogen) atoms. The van der Waals surface area contributed by atoms with Crippen molar-refractivity contribution in [3.8, 4) is 0 Å². The predicted molar refractivity (Wildman–Crippen MR) is 93.0 cm³/mol. The fourth-order valence-electron chi connectivity index (χ4n) is 2.19. The lowest BCUT2D eigenvalue weighted by atomic mass is 10.2. The maximum Gasteiger partial charge on any atom is 0.335 e. The van der Waals surface area contributed by atoms with E-state index in [9.17, 15) is 14.4 Å². The molecule has 3 rings (SSSR count). The third kappa shape index (κ3) is 3.80. The second-order valence-corrected chi connectivity index (χ2v) is 5.37. The number of carbonyl (C=O) groups is 2. The normalized spacial score (nSPS) is 10.5. The van der Waals surface area contributed by atoms with Crippen molar-refractivity contribution in [2.75, 3.05) is 10.6 Å². The Morgan fingerprint density at radius 2 is 1.92 bits per heavy atom. The lowest BCUT2D eigenvalue weighted by molar-refractivity contribution is -0.114. The second-order valence-electron chi connectivity index (χ2n) is 5.37. The summed E-state index contributed by atoms with van der Waals surface area (Å²) < 4.78 is 0. The van der Waals surface area contributed by atoms with Crippen molar-refractivity contribution in [2.45, 2.75) is 13.5 Å². The van der Waals surface area contributed by atoms with E-state index in [2.05, 4.69) is 30.6 Å². The van der Waals surface area contributed by atoms with Gasteiger partial charge in [-0.1, -0.05) is 0 Å². The first kappa shape index (κ1) is 17.0. The molecule has 0 atom stereocenters. The van der Waals surface area contributed by atoms with Gasteiger partial charge >= 0.3 is 5.97 Å². The molecule has 0 bridgehead atoms. The van der Waals surface area contributed by atoms with Crippen LogP contribution < -0.4 is 16.2 Å². The summed E-state index contributed by atoms with van der Waals surface area (Å²) in [5, 5.41) is 14.3. The Morgan fingerprint density at radius 1 is 1.19 bits per heavy atom. The fraction of sp³-hybridized carbons (Fsp3) is 0.125. The molecular formula is C16H14N6O4. The standard InChI is InChI=1S/C16H14N6O4/c1-8(23)19-16-21-13-12(14(24)22-16)20-11(7-18-13)6-17-10-4-2-9(3-5-10)15(25)26/h2-5,7,17H,6H2,1H3,(H,25,26)(H2,18,19,21,22,23,24). The molecule has 4 N–H and O–H groups in total. The first-order valence-corrected chi connectivity index (χ1v) is 7.53. The zero-order valence-corrected chi connectivity index (χ0v) is 13.6. The molecule has 132 valence electrons. The van der Waals surface area contributed by atoms with Crippen LogP contribution in [0.4, 0.5) is 11.6 Å². The van der Waals surface area contributed by atoms with E-state index in [1.807, 2.05) is 0 Å². The number of aromatic amines is 1. The van der Waals surface area contributed by atoms with E-state index in [4.69, 9.17) is 5.11 Å². The van der Waals surface area contributed by atoms with Gasteiger partial charge in [-0.3, -0.25) is 19.9 Å². The van der Waals surface area contributed by atoms with E-state index in [0.717, 1.165) is 0 Å². The molecule has 2 heterocycles. The van der Waals surface area contributed by atoms with Gasteiger partial charge in [0.05, 0.1) is 24.0 Å². The molecule has 0 aliphatic rings. The molecule has 10 nitrogen and oxygen atoms in total. The predicted octanol–water partition coefficient (Wildman–Crippen LogP) is 0.982. The smallest absolute Gasteiger partial charge is 0.335 e. The first-order chi connectivity index (χ1) is 12.4. The number of hydrogen-bond acceptors (Lipinski definition) is 7. The number of aromatic nitrogens is 4. The molecule has 0 saturated heterocycles. The summed E-state index contributed by atoms with van der Waals surface area (Å²) in [5.41, 5.74) is 1.04. The SMILES string of the molecule is CC(=O)Nc1nc2ncc(CNc3ccc(C(=O)O)cc3)nc2c(=O)[nH]1. The summed E-state index contributed by atoms with van der Waals surface area (Å²) in [6.45, 7) is 1.58. The number of amides is 1. The van der Waals surface area contributed by atoms with Crippen LogP contribution in [-0.4, -0.2) is 36.9 Å². The highest BCUT2D eigenvalue weighted by Crippen LogP contribution is 2.11. The monoisotopic (exact) mass is 354 g/mol. The zero-order chi connectivity index (χ0) is 18.7. The first-order valence-electron chi connectivity index (χ1n) is 7.53. The van der Waals surface area contributed by atoms with Gasteiger partial charge in [-0.2, -0.15) is 4.98 Å². The summed E-state index contributed by atoms with van der Waals surface area (Å²) in [6.07, 6.45) is 1.46. The molecule has 1 amide bonds. The van der Waals surface area contributed by atoms with Gasteiger partial charge in [0.2, 0.25) is 11.9 Å². The molecular weight excluding hydrogens is 340 g/mol. The summed E-state index contributed by atoms with van der Waals surface area (Å²) in [4.78, 5) is 48.7. The number of carboxylic acid groups (broad SMARTS) is 1. The molecule has 0 fully saturated rings. The van der Waals surface area contributed by atoms with E-state index in [1.165, 1.54) is 25.3 Å². The highest BCUT2D eigenvalue weighted by Gasteiger charge is 2.09. The Bertz CT molecular complexity index is 1040. The molecule has 3 aromatic rings. The maximum atomic E-state index is 12.1. The molecule has 0 unspecified atom stereocenters. The van der Waals surface area contributed by atoms with E-state index >= 15 is 0 Å². The van der Waals surface area contributed by atoms with Gasteiger partial charge in [0, 0.05) is 12.6 Å². The van der Waals surface area contributed by atoms with Crippen LogP contribution in [0.3, 0.4) is 0 Å². The lowest BCUT2D eigenvalue weighted by Crippen LogP contribution is -2.18. The minimum Gasteiger partial charge on any atom is -0.478 e. The average molecular weight is 354 g/mol. The van der Waals surface area contributed by atoms with Crippen LogP contribution in [0.15, 0.2) is 35.3 Å². The molecule has 0 radical (unpaired) electrons. The number of benzene rings is 1. The van der Waals surface area contributed by atoms with Crippen molar-refractivity contribution in [1.82, 2.24) is 19.9 Å². The van der Waals surface area contributed by atoms with Gasteiger partial charge in [0.15, 0.2) is 11.2 Å². The summed E-state index contributed by atoms with van der Waals surface area (Å²) in [7, 11) is 0. The number of carboxylic acids is 1. The number of aromatic carboxylic acids is 1. The molecule has 10 heteroatoms. The van der Waals surface area contributed by atoms with E-state index in [0.29, 0.717) is 11.4 Å². The summed E-state index contributed by atoms with van der Waals surface area (Å²) >= 11 is 0. The Kier molecular flexibility index (Phi) is 4.56. The van der Waals surface area contributed by atoms with Crippen LogP contribution in [0.5, 0.6) is 0 Å². The summed E-state index contributed by atoms with van der Waals surface area (Å²) in [6, 6.07) is 6.22. The van der Waals surface area contributed by atoms with Gasteiger partial charge < -0.3 is 10.4 Å². The van der Waals surface area contributed by atoms with Gasteiger partial charge in [-0.15, -0.1) is 0 Å². The fourth-order valence-corrected chi connectivity index (χ4v) is 2.19. The van der Waals surface area contributed by atoms with E-state index in [1.54, 1.807) is 12.1 Å². The number of nitrogens with zero attached hydrogens (tertiary/aromatic N) is 3. The zero-order valence-electron chi connectivity index (χ0n) is 13.6. The molecule has 1 aromatic carbocycles.